The fourth-order valence-corrected chi connectivity index (χ4v) is 2.65. The quantitative estimate of drug-likeness (QED) is 0.842. The molecule has 116 valence electrons. The van der Waals surface area contributed by atoms with Gasteiger partial charge in [0.25, 0.3) is 0 Å². The average Bonchev–Trinajstić information content (AvgIpc) is 2.53. The summed E-state index contributed by atoms with van der Waals surface area (Å²) in [5, 5.41) is 19.1. The van der Waals surface area contributed by atoms with Gasteiger partial charge in [0.05, 0.1) is 25.7 Å². The molecule has 0 saturated heterocycles. The Morgan fingerprint density at radius 2 is 2.05 bits per heavy atom. The van der Waals surface area contributed by atoms with E-state index in [9.17, 15) is 9.90 Å². The number of carboxylic acids is 1. The lowest BCUT2D eigenvalue weighted by molar-refractivity contribution is -0.144. The van der Waals surface area contributed by atoms with Crippen molar-refractivity contribution in [2.45, 2.75) is 37.9 Å². The molecule has 0 spiro atoms. The number of aliphatic hydroxyl groups excluding tert-OH is 1. The predicted molar refractivity (Wildman–Crippen MR) is 77.3 cm³/mol. The summed E-state index contributed by atoms with van der Waals surface area (Å²) in [7, 11) is 1.59. The van der Waals surface area contributed by atoms with Crippen LogP contribution in [-0.2, 0) is 9.53 Å². The molecule has 1 aliphatic carbocycles. The van der Waals surface area contributed by atoms with Crippen LogP contribution < -0.4 is 4.74 Å². The molecule has 2 N–H and O–H groups in total. The first kappa shape index (κ1) is 15.8. The van der Waals surface area contributed by atoms with Gasteiger partial charge in [0, 0.05) is 0 Å². The maximum absolute atomic E-state index is 10.9. The van der Waals surface area contributed by atoms with Crippen LogP contribution in [0.5, 0.6) is 5.75 Å². The Balaban J connectivity index is 1.79. The second-order valence-electron chi connectivity index (χ2n) is 5.44. The third-order valence-corrected chi connectivity index (χ3v) is 3.99. The Morgan fingerprint density at radius 1 is 1.33 bits per heavy atom. The Kier molecular flexibility index (Phi) is 5.59. The van der Waals surface area contributed by atoms with Gasteiger partial charge in [-0.05, 0) is 43.4 Å². The van der Waals surface area contributed by atoms with E-state index in [2.05, 4.69) is 0 Å². The molecule has 1 fully saturated rings. The molecular weight excluding hydrogens is 272 g/mol. The van der Waals surface area contributed by atoms with Gasteiger partial charge in [0.1, 0.15) is 11.9 Å². The van der Waals surface area contributed by atoms with Crippen molar-refractivity contribution in [2.24, 2.45) is 5.92 Å². The summed E-state index contributed by atoms with van der Waals surface area (Å²) in [4.78, 5) is 10.9. The molecule has 1 aromatic carbocycles. The lowest BCUT2D eigenvalue weighted by Crippen LogP contribution is -2.27. The molecule has 1 atom stereocenters. The van der Waals surface area contributed by atoms with Crippen LogP contribution in [0.2, 0.25) is 0 Å². The standard InChI is InChI=1S/C16H22O5/c1-20-14-4-2-3-12(9-14)15(17)10-21-13-7-5-11(6-8-13)16(18)19/h2-4,9,11,13,15,17H,5-8,10H2,1H3,(H,18,19). The van der Waals surface area contributed by atoms with Crippen LogP contribution in [0.1, 0.15) is 37.4 Å². The largest absolute Gasteiger partial charge is 0.497 e. The maximum atomic E-state index is 10.9. The Morgan fingerprint density at radius 3 is 2.67 bits per heavy atom. The van der Waals surface area contributed by atoms with Gasteiger partial charge in [-0.3, -0.25) is 4.79 Å². The van der Waals surface area contributed by atoms with Crippen molar-refractivity contribution in [2.75, 3.05) is 13.7 Å². The highest BCUT2D eigenvalue weighted by molar-refractivity contribution is 5.70. The van der Waals surface area contributed by atoms with Crippen molar-refractivity contribution in [1.82, 2.24) is 0 Å². The Hall–Kier alpha value is -1.59. The second kappa shape index (κ2) is 7.43. The van der Waals surface area contributed by atoms with Crippen molar-refractivity contribution < 1.29 is 24.5 Å². The summed E-state index contributed by atoms with van der Waals surface area (Å²) in [6, 6.07) is 7.27. The van der Waals surface area contributed by atoms with E-state index in [1.807, 2.05) is 18.2 Å². The average molecular weight is 294 g/mol. The zero-order valence-electron chi connectivity index (χ0n) is 12.2. The molecule has 0 aromatic heterocycles. The molecule has 5 nitrogen and oxygen atoms in total. The zero-order chi connectivity index (χ0) is 15.2. The Labute approximate surface area is 124 Å². The van der Waals surface area contributed by atoms with Crippen LogP contribution in [0.25, 0.3) is 0 Å². The number of rotatable bonds is 6. The fourth-order valence-electron chi connectivity index (χ4n) is 2.65. The number of hydrogen-bond acceptors (Lipinski definition) is 4. The smallest absolute Gasteiger partial charge is 0.306 e. The topological polar surface area (TPSA) is 76.0 Å². The third-order valence-electron chi connectivity index (χ3n) is 3.99. The summed E-state index contributed by atoms with van der Waals surface area (Å²) < 4.78 is 10.8. The summed E-state index contributed by atoms with van der Waals surface area (Å²) >= 11 is 0. The van der Waals surface area contributed by atoms with Gasteiger partial charge >= 0.3 is 5.97 Å². The SMILES string of the molecule is COc1cccc(C(O)COC2CCC(C(=O)O)CC2)c1. The first-order chi connectivity index (χ1) is 10.1. The van der Waals surface area contributed by atoms with E-state index >= 15 is 0 Å². The van der Waals surface area contributed by atoms with E-state index in [0.717, 1.165) is 18.4 Å². The molecule has 1 saturated carbocycles. The van der Waals surface area contributed by atoms with E-state index in [0.29, 0.717) is 18.6 Å². The number of aliphatic hydroxyl groups is 1. The molecule has 0 bridgehead atoms. The van der Waals surface area contributed by atoms with Crippen LogP contribution in [0, 0.1) is 5.92 Å². The van der Waals surface area contributed by atoms with E-state index < -0.39 is 12.1 Å². The minimum Gasteiger partial charge on any atom is -0.497 e. The molecule has 1 aromatic rings. The van der Waals surface area contributed by atoms with Crippen molar-refractivity contribution in [3.05, 3.63) is 29.8 Å². The number of carboxylic acid groups (broad SMARTS) is 1. The van der Waals surface area contributed by atoms with Crippen molar-refractivity contribution >= 4 is 5.97 Å². The lowest BCUT2D eigenvalue weighted by Gasteiger charge is -2.27. The highest BCUT2D eigenvalue weighted by atomic mass is 16.5. The van der Waals surface area contributed by atoms with E-state index in [4.69, 9.17) is 14.6 Å². The molecule has 0 radical (unpaired) electrons. The second-order valence-corrected chi connectivity index (χ2v) is 5.44. The van der Waals surface area contributed by atoms with Gasteiger partial charge in [-0.15, -0.1) is 0 Å². The zero-order valence-corrected chi connectivity index (χ0v) is 12.2. The molecule has 21 heavy (non-hydrogen) atoms. The van der Waals surface area contributed by atoms with Crippen molar-refractivity contribution in [3.63, 3.8) is 0 Å². The van der Waals surface area contributed by atoms with Crippen LogP contribution in [-0.4, -0.2) is 36.0 Å². The molecule has 0 heterocycles. The molecule has 1 aliphatic rings. The van der Waals surface area contributed by atoms with Crippen LogP contribution in [0.4, 0.5) is 0 Å². The predicted octanol–water partition coefficient (Wildman–Crippen LogP) is 2.39. The Bertz CT molecular complexity index is 465. The summed E-state index contributed by atoms with van der Waals surface area (Å²) in [5.41, 5.74) is 0.758. The van der Waals surface area contributed by atoms with Crippen LogP contribution >= 0.6 is 0 Å². The first-order valence-electron chi connectivity index (χ1n) is 7.26. The van der Waals surface area contributed by atoms with Crippen LogP contribution in [0.15, 0.2) is 24.3 Å². The van der Waals surface area contributed by atoms with E-state index in [-0.39, 0.29) is 18.6 Å². The minimum absolute atomic E-state index is 0.0425. The van der Waals surface area contributed by atoms with Crippen molar-refractivity contribution in [1.29, 1.82) is 0 Å². The first-order valence-corrected chi connectivity index (χ1v) is 7.26. The van der Waals surface area contributed by atoms with Gasteiger partial charge in [0.15, 0.2) is 0 Å². The fraction of sp³-hybridized carbons (Fsp3) is 0.562. The molecule has 0 aliphatic heterocycles. The molecule has 2 rings (SSSR count). The highest BCUT2D eigenvalue weighted by Crippen LogP contribution is 2.27. The van der Waals surface area contributed by atoms with Crippen LogP contribution in [0.3, 0.4) is 0 Å². The number of aliphatic carboxylic acids is 1. The molecule has 5 heteroatoms. The van der Waals surface area contributed by atoms with E-state index in [1.165, 1.54) is 0 Å². The number of benzene rings is 1. The third kappa shape index (κ3) is 4.44. The van der Waals surface area contributed by atoms with E-state index in [1.54, 1.807) is 13.2 Å². The number of hydrogen-bond donors (Lipinski definition) is 2. The molecule has 1 unspecified atom stereocenters. The number of carbonyl (C=O) groups is 1. The monoisotopic (exact) mass is 294 g/mol. The van der Waals surface area contributed by atoms with Gasteiger partial charge in [0.2, 0.25) is 0 Å². The molecular formula is C16H22O5. The van der Waals surface area contributed by atoms with Gasteiger partial charge in [-0.25, -0.2) is 0 Å². The van der Waals surface area contributed by atoms with Gasteiger partial charge in [-0.2, -0.15) is 0 Å². The van der Waals surface area contributed by atoms with Gasteiger partial charge < -0.3 is 19.7 Å². The maximum Gasteiger partial charge on any atom is 0.306 e. The number of ether oxygens (including phenoxy) is 2. The normalized spacial score (nSPS) is 23.5. The lowest BCUT2D eigenvalue weighted by atomic mass is 9.87. The minimum atomic E-state index is -0.718. The number of methoxy groups -OCH3 is 1. The molecule has 0 amide bonds. The summed E-state index contributed by atoms with van der Waals surface area (Å²) in [5.74, 6) is -0.258. The summed E-state index contributed by atoms with van der Waals surface area (Å²) in [6.45, 7) is 0.218. The van der Waals surface area contributed by atoms with Crippen molar-refractivity contribution in [3.8, 4) is 5.75 Å². The van der Waals surface area contributed by atoms with Gasteiger partial charge in [-0.1, -0.05) is 12.1 Å². The highest BCUT2D eigenvalue weighted by Gasteiger charge is 2.26. The summed E-state index contributed by atoms with van der Waals surface area (Å²) in [6.07, 6.45) is 2.12.